The van der Waals surface area contributed by atoms with E-state index in [0.29, 0.717) is 11.1 Å². The van der Waals surface area contributed by atoms with Gasteiger partial charge in [-0.3, -0.25) is 19.3 Å². The average Bonchev–Trinajstić information content (AvgIpc) is 3.29. The van der Waals surface area contributed by atoms with Crippen LogP contribution in [0.4, 0.5) is 4.39 Å². The van der Waals surface area contributed by atoms with E-state index >= 15 is 0 Å². The predicted octanol–water partition coefficient (Wildman–Crippen LogP) is 1.54. The molecule has 0 unspecified atom stereocenters. The van der Waals surface area contributed by atoms with E-state index in [1.807, 2.05) is 0 Å². The molecule has 1 aliphatic heterocycles. The number of benzene rings is 2. The van der Waals surface area contributed by atoms with Gasteiger partial charge in [0.15, 0.2) is 23.2 Å². The monoisotopic (exact) mass is 409 g/mol. The van der Waals surface area contributed by atoms with Gasteiger partial charge in [0.05, 0.1) is 18.2 Å². The summed E-state index contributed by atoms with van der Waals surface area (Å²) in [5.41, 5.74) is 0.894. The van der Waals surface area contributed by atoms with Gasteiger partial charge in [0, 0.05) is 18.5 Å². The number of halogens is 1. The van der Waals surface area contributed by atoms with Crippen molar-refractivity contribution >= 4 is 17.6 Å². The molecule has 4 rings (SSSR count). The van der Waals surface area contributed by atoms with Crippen molar-refractivity contribution in [1.29, 1.82) is 0 Å². The lowest BCUT2D eigenvalue weighted by Gasteiger charge is -2.11. The van der Waals surface area contributed by atoms with Crippen molar-refractivity contribution in [3.63, 3.8) is 0 Å². The SMILES string of the molecule is COc1ccc(C(=O)Cn2nnc(CCN3C(=O)c4ccccc4C3=O)n2)cc1F. The highest BCUT2D eigenvalue weighted by atomic mass is 19.1. The first kappa shape index (κ1) is 19.4. The summed E-state index contributed by atoms with van der Waals surface area (Å²) < 4.78 is 18.6. The molecule has 10 heteroatoms. The van der Waals surface area contributed by atoms with Crippen LogP contribution in [0, 0.1) is 5.82 Å². The normalized spacial score (nSPS) is 12.9. The quantitative estimate of drug-likeness (QED) is 0.430. The second-order valence-electron chi connectivity index (χ2n) is 6.57. The van der Waals surface area contributed by atoms with Crippen LogP contribution in [0.5, 0.6) is 5.75 Å². The minimum atomic E-state index is -0.642. The van der Waals surface area contributed by atoms with Crippen molar-refractivity contribution in [3.05, 3.63) is 70.8 Å². The van der Waals surface area contributed by atoms with Crippen LogP contribution in [0.1, 0.15) is 36.9 Å². The number of amides is 2. The Morgan fingerprint density at radius 2 is 1.80 bits per heavy atom. The summed E-state index contributed by atoms with van der Waals surface area (Å²) in [6.07, 6.45) is 0.191. The highest BCUT2D eigenvalue weighted by Gasteiger charge is 2.34. The molecule has 1 aliphatic rings. The van der Waals surface area contributed by atoms with Gasteiger partial charge in [-0.1, -0.05) is 12.1 Å². The zero-order valence-electron chi connectivity index (χ0n) is 15.9. The molecule has 0 spiro atoms. The number of imide groups is 1. The van der Waals surface area contributed by atoms with Gasteiger partial charge in [-0.05, 0) is 35.5 Å². The number of fused-ring (bicyclic) bond motifs is 1. The number of ether oxygens (including phenoxy) is 1. The van der Waals surface area contributed by atoms with Gasteiger partial charge in [-0.15, -0.1) is 10.2 Å². The van der Waals surface area contributed by atoms with Crippen molar-refractivity contribution in [1.82, 2.24) is 25.1 Å². The fraction of sp³-hybridized carbons (Fsp3) is 0.200. The number of Topliss-reactive ketones (excluding diaryl/α,β-unsaturated/α-hetero) is 1. The van der Waals surface area contributed by atoms with Crippen molar-refractivity contribution in [2.45, 2.75) is 13.0 Å². The fourth-order valence-corrected chi connectivity index (χ4v) is 3.16. The Labute approximate surface area is 170 Å². The van der Waals surface area contributed by atoms with Crippen LogP contribution in [0.2, 0.25) is 0 Å². The number of carbonyl (C=O) groups is 3. The second kappa shape index (κ2) is 7.82. The smallest absolute Gasteiger partial charge is 0.261 e. The number of tetrazole rings is 1. The van der Waals surface area contributed by atoms with E-state index in [9.17, 15) is 18.8 Å². The first-order chi connectivity index (χ1) is 14.5. The standard InChI is InChI=1S/C20H16FN5O4/c1-30-17-7-6-12(10-15(17)21)16(27)11-26-23-18(22-24-26)8-9-25-19(28)13-4-2-3-5-14(13)20(25)29/h2-7,10H,8-9,11H2,1H3. The molecule has 0 atom stereocenters. The maximum absolute atomic E-state index is 13.8. The van der Waals surface area contributed by atoms with Crippen LogP contribution in [-0.4, -0.2) is 56.4 Å². The van der Waals surface area contributed by atoms with Crippen LogP contribution >= 0.6 is 0 Å². The Kier molecular flexibility index (Phi) is 5.05. The van der Waals surface area contributed by atoms with Crippen LogP contribution in [0.25, 0.3) is 0 Å². The van der Waals surface area contributed by atoms with Crippen molar-refractivity contribution in [3.8, 4) is 5.75 Å². The molecule has 0 saturated carbocycles. The first-order valence-corrected chi connectivity index (χ1v) is 9.06. The molecule has 2 amide bonds. The molecule has 9 nitrogen and oxygen atoms in total. The van der Waals surface area contributed by atoms with Crippen LogP contribution in [-0.2, 0) is 13.0 Å². The largest absolute Gasteiger partial charge is 0.494 e. The summed E-state index contributed by atoms with van der Waals surface area (Å²) >= 11 is 0. The van der Waals surface area contributed by atoms with Gasteiger partial charge in [-0.25, -0.2) is 4.39 Å². The number of aromatic nitrogens is 4. The summed E-state index contributed by atoms with van der Waals surface area (Å²) in [4.78, 5) is 39.3. The molecule has 0 fully saturated rings. The number of carbonyl (C=O) groups excluding carboxylic acids is 3. The van der Waals surface area contributed by atoms with Gasteiger partial charge in [-0.2, -0.15) is 4.80 Å². The van der Waals surface area contributed by atoms with E-state index in [2.05, 4.69) is 15.4 Å². The topological polar surface area (TPSA) is 107 Å². The van der Waals surface area contributed by atoms with E-state index in [4.69, 9.17) is 4.74 Å². The van der Waals surface area contributed by atoms with Crippen LogP contribution < -0.4 is 4.74 Å². The van der Waals surface area contributed by atoms with E-state index in [1.165, 1.54) is 19.2 Å². The Hall–Kier alpha value is -3.95. The lowest BCUT2D eigenvalue weighted by atomic mass is 10.1. The lowest BCUT2D eigenvalue weighted by molar-refractivity contribution is 0.0655. The number of methoxy groups -OCH3 is 1. The molecule has 152 valence electrons. The summed E-state index contributed by atoms with van der Waals surface area (Å²) in [5.74, 6) is -1.45. The summed E-state index contributed by atoms with van der Waals surface area (Å²) in [7, 11) is 1.34. The highest BCUT2D eigenvalue weighted by Crippen LogP contribution is 2.22. The number of hydrogen-bond acceptors (Lipinski definition) is 7. The molecule has 30 heavy (non-hydrogen) atoms. The van der Waals surface area contributed by atoms with Gasteiger partial charge >= 0.3 is 0 Å². The molecule has 0 radical (unpaired) electrons. The van der Waals surface area contributed by atoms with Crippen molar-refractivity contribution in [2.24, 2.45) is 0 Å². The Morgan fingerprint density at radius 3 is 2.43 bits per heavy atom. The second-order valence-corrected chi connectivity index (χ2v) is 6.57. The molecule has 3 aromatic rings. The van der Waals surface area contributed by atoms with Gasteiger partial charge < -0.3 is 4.74 Å². The number of ketones is 1. The maximum Gasteiger partial charge on any atom is 0.261 e. The Morgan fingerprint density at radius 1 is 1.10 bits per heavy atom. The molecule has 0 bridgehead atoms. The van der Waals surface area contributed by atoms with Gasteiger partial charge in [0.2, 0.25) is 0 Å². The number of rotatable bonds is 7. The maximum atomic E-state index is 13.8. The highest BCUT2D eigenvalue weighted by molar-refractivity contribution is 6.21. The van der Waals surface area contributed by atoms with E-state index < -0.39 is 11.6 Å². The van der Waals surface area contributed by atoms with E-state index in [1.54, 1.807) is 24.3 Å². The number of hydrogen-bond donors (Lipinski definition) is 0. The average molecular weight is 409 g/mol. The molecule has 0 N–H and O–H groups in total. The van der Waals surface area contributed by atoms with Gasteiger partial charge in [0.25, 0.3) is 11.8 Å². The van der Waals surface area contributed by atoms with Gasteiger partial charge in [0.1, 0.15) is 6.54 Å². The third kappa shape index (κ3) is 3.54. The van der Waals surface area contributed by atoms with E-state index in [0.717, 1.165) is 15.8 Å². The minimum absolute atomic E-state index is 0.0425. The lowest BCUT2D eigenvalue weighted by Crippen LogP contribution is -2.32. The molecular formula is C20H16FN5O4. The summed E-state index contributed by atoms with van der Waals surface area (Å²) in [6.45, 7) is -0.137. The number of nitrogens with zero attached hydrogens (tertiary/aromatic N) is 5. The molecular weight excluding hydrogens is 393 g/mol. The Balaban J connectivity index is 1.38. The van der Waals surface area contributed by atoms with E-state index in [-0.39, 0.29) is 48.5 Å². The predicted molar refractivity (Wildman–Crippen MR) is 101 cm³/mol. The van der Waals surface area contributed by atoms with Crippen LogP contribution in [0.3, 0.4) is 0 Å². The molecule has 0 saturated heterocycles. The zero-order chi connectivity index (χ0) is 21.3. The summed E-state index contributed by atoms with van der Waals surface area (Å²) in [5, 5.41) is 11.8. The molecule has 2 aromatic carbocycles. The minimum Gasteiger partial charge on any atom is -0.494 e. The third-order valence-corrected chi connectivity index (χ3v) is 4.69. The molecule has 0 aliphatic carbocycles. The molecule has 2 heterocycles. The first-order valence-electron chi connectivity index (χ1n) is 9.06. The van der Waals surface area contributed by atoms with Crippen molar-refractivity contribution in [2.75, 3.05) is 13.7 Å². The third-order valence-electron chi connectivity index (χ3n) is 4.69. The zero-order valence-corrected chi connectivity index (χ0v) is 15.9. The van der Waals surface area contributed by atoms with Crippen molar-refractivity contribution < 1.29 is 23.5 Å². The van der Waals surface area contributed by atoms with Crippen LogP contribution in [0.15, 0.2) is 42.5 Å². The Bertz CT molecular complexity index is 1120. The molecule has 1 aromatic heterocycles. The summed E-state index contributed by atoms with van der Waals surface area (Å²) in [6, 6.07) is 10.5. The fourth-order valence-electron chi connectivity index (χ4n) is 3.16.